The third kappa shape index (κ3) is 2.20. The third-order valence-corrected chi connectivity index (χ3v) is 2.92. The second-order valence-corrected chi connectivity index (χ2v) is 3.82. The average molecular weight is 186 g/mol. The first kappa shape index (κ1) is 9.40. The van der Waals surface area contributed by atoms with Gasteiger partial charge in [-0.1, -0.05) is 0 Å². The fraction of sp³-hybridized carbons (Fsp3) is 1.00. The minimum atomic E-state index is 0.0364. The lowest BCUT2D eigenvalue weighted by Gasteiger charge is -2.35. The van der Waals surface area contributed by atoms with Crippen molar-refractivity contribution in [1.82, 2.24) is 10.2 Å². The van der Waals surface area contributed by atoms with Gasteiger partial charge in [-0.25, -0.2) is 0 Å². The van der Waals surface area contributed by atoms with Gasteiger partial charge in [0.15, 0.2) is 0 Å². The number of nitrogens with one attached hydrogen (secondary N) is 1. The minimum absolute atomic E-state index is 0.0364. The van der Waals surface area contributed by atoms with E-state index in [0.29, 0.717) is 6.04 Å². The summed E-state index contributed by atoms with van der Waals surface area (Å²) < 4.78 is 5.40. The highest BCUT2D eigenvalue weighted by Crippen LogP contribution is 2.13. The molecule has 0 spiro atoms. The van der Waals surface area contributed by atoms with E-state index < -0.39 is 0 Å². The Morgan fingerprint density at radius 1 is 1.54 bits per heavy atom. The smallest absolute Gasteiger partial charge is 0.0932 e. The van der Waals surface area contributed by atoms with Gasteiger partial charge >= 0.3 is 0 Å². The normalized spacial score (nSPS) is 36.7. The van der Waals surface area contributed by atoms with Crippen LogP contribution in [0, 0.1) is 0 Å². The molecule has 13 heavy (non-hydrogen) atoms. The molecule has 0 aromatic rings. The SMILES string of the molecule is OC[C@@H]1CN([C@@H]2CCNC2)CCO1. The van der Waals surface area contributed by atoms with E-state index in [1.807, 2.05) is 0 Å². The van der Waals surface area contributed by atoms with Gasteiger partial charge in [0.25, 0.3) is 0 Å². The van der Waals surface area contributed by atoms with Crippen LogP contribution in [0.25, 0.3) is 0 Å². The molecule has 2 N–H and O–H groups in total. The van der Waals surface area contributed by atoms with E-state index in [4.69, 9.17) is 9.84 Å². The molecule has 4 heteroatoms. The Labute approximate surface area is 78.9 Å². The number of aliphatic hydroxyl groups is 1. The van der Waals surface area contributed by atoms with Crippen LogP contribution >= 0.6 is 0 Å². The molecule has 2 aliphatic rings. The summed E-state index contributed by atoms with van der Waals surface area (Å²) in [6.07, 6.45) is 1.27. The molecule has 0 unspecified atom stereocenters. The Morgan fingerprint density at radius 2 is 2.46 bits per heavy atom. The standard InChI is InChI=1S/C9H18N2O2/c12-7-9-6-11(3-4-13-9)8-1-2-10-5-8/h8-10,12H,1-7H2/t8-,9+/m1/s1. The molecule has 76 valence electrons. The monoisotopic (exact) mass is 186 g/mol. The van der Waals surface area contributed by atoms with Crippen molar-refractivity contribution in [3.8, 4) is 0 Å². The van der Waals surface area contributed by atoms with Gasteiger partial charge in [0, 0.05) is 25.7 Å². The second kappa shape index (κ2) is 4.37. The molecule has 0 radical (unpaired) electrons. The number of nitrogens with zero attached hydrogens (tertiary/aromatic N) is 1. The van der Waals surface area contributed by atoms with Crippen LogP contribution in [0.3, 0.4) is 0 Å². The van der Waals surface area contributed by atoms with Crippen LogP contribution in [0.1, 0.15) is 6.42 Å². The first-order valence-corrected chi connectivity index (χ1v) is 5.07. The molecule has 0 aromatic heterocycles. The molecule has 2 saturated heterocycles. The molecule has 0 amide bonds. The molecule has 2 fully saturated rings. The van der Waals surface area contributed by atoms with Gasteiger partial charge in [0.2, 0.25) is 0 Å². The summed E-state index contributed by atoms with van der Waals surface area (Å²) in [5.74, 6) is 0. The molecular formula is C9H18N2O2. The lowest BCUT2D eigenvalue weighted by molar-refractivity contribution is -0.0625. The van der Waals surface area contributed by atoms with E-state index in [1.165, 1.54) is 6.42 Å². The van der Waals surface area contributed by atoms with E-state index in [2.05, 4.69) is 10.2 Å². The molecule has 2 aliphatic heterocycles. The summed E-state index contributed by atoms with van der Waals surface area (Å²) in [5, 5.41) is 12.3. The zero-order chi connectivity index (χ0) is 9.10. The Morgan fingerprint density at radius 3 is 3.15 bits per heavy atom. The highest BCUT2D eigenvalue weighted by atomic mass is 16.5. The Hall–Kier alpha value is -0.160. The van der Waals surface area contributed by atoms with Gasteiger partial charge in [-0.3, -0.25) is 4.90 Å². The predicted molar refractivity (Wildman–Crippen MR) is 49.7 cm³/mol. The summed E-state index contributed by atoms with van der Waals surface area (Å²) in [6, 6.07) is 0.665. The lowest BCUT2D eigenvalue weighted by atomic mass is 10.2. The summed E-state index contributed by atoms with van der Waals surface area (Å²) in [6.45, 7) is 5.05. The summed E-state index contributed by atoms with van der Waals surface area (Å²) in [4.78, 5) is 2.43. The lowest BCUT2D eigenvalue weighted by Crippen LogP contribution is -2.49. The maximum atomic E-state index is 8.98. The van der Waals surface area contributed by atoms with Crippen LogP contribution in [0.15, 0.2) is 0 Å². The first-order chi connectivity index (χ1) is 6.40. The number of ether oxygens (including phenoxy) is 1. The molecule has 4 nitrogen and oxygen atoms in total. The number of hydrogen-bond donors (Lipinski definition) is 2. The van der Waals surface area contributed by atoms with Gasteiger partial charge in [0.1, 0.15) is 0 Å². The topological polar surface area (TPSA) is 44.7 Å². The van der Waals surface area contributed by atoms with Crippen molar-refractivity contribution in [3.63, 3.8) is 0 Å². The van der Waals surface area contributed by atoms with E-state index in [9.17, 15) is 0 Å². The number of rotatable bonds is 2. The summed E-state index contributed by atoms with van der Waals surface area (Å²) >= 11 is 0. The quantitative estimate of drug-likeness (QED) is 0.583. The minimum Gasteiger partial charge on any atom is -0.394 e. The first-order valence-electron chi connectivity index (χ1n) is 5.07. The van der Waals surface area contributed by atoms with E-state index in [-0.39, 0.29) is 12.7 Å². The van der Waals surface area contributed by atoms with E-state index >= 15 is 0 Å². The maximum absolute atomic E-state index is 8.98. The molecule has 0 aliphatic carbocycles. The van der Waals surface area contributed by atoms with Crippen LogP contribution in [0.2, 0.25) is 0 Å². The number of hydrogen-bond acceptors (Lipinski definition) is 4. The van der Waals surface area contributed by atoms with Crippen molar-refractivity contribution < 1.29 is 9.84 Å². The van der Waals surface area contributed by atoms with Gasteiger partial charge in [-0.05, 0) is 13.0 Å². The Balaban J connectivity index is 1.84. The van der Waals surface area contributed by atoms with Crippen LogP contribution in [0.4, 0.5) is 0 Å². The van der Waals surface area contributed by atoms with Crippen LogP contribution < -0.4 is 5.32 Å². The Kier molecular flexibility index (Phi) is 3.16. The summed E-state index contributed by atoms with van der Waals surface area (Å²) in [7, 11) is 0. The average Bonchev–Trinajstić information content (AvgIpc) is 2.71. The van der Waals surface area contributed by atoms with Crippen molar-refractivity contribution >= 4 is 0 Å². The molecule has 2 rings (SSSR count). The highest BCUT2D eigenvalue weighted by molar-refractivity contribution is 4.83. The molecule has 2 heterocycles. The van der Waals surface area contributed by atoms with Crippen molar-refractivity contribution in [1.29, 1.82) is 0 Å². The summed E-state index contributed by atoms with van der Waals surface area (Å²) in [5.41, 5.74) is 0. The van der Waals surface area contributed by atoms with Gasteiger partial charge < -0.3 is 15.2 Å². The number of aliphatic hydroxyl groups excluding tert-OH is 1. The van der Waals surface area contributed by atoms with Crippen molar-refractivity contribution in [3.05, 3.63) is 0 Å². The van der Waals surface area contributed by atoms with Gasteiger partial charge in [0.05, 0.1) is 19.3 Å². The molecule has 0 saturated carbocycles. The fourth-order valence-corrected chi connectivity index (χ4v) is 2.14. The highest BCUT2D eigenvalue weighted by Gasteiger charge is 2.27. The molecular weight excluding hydrogens is 168 g/mol. The van der Waals surface area contributed by atoms with Crippen LogP contribution in [-0.4, -0.2) is 61.5 Å². The molecule has 0 bridgehead atoms. The zero-order valence-corrected chi connectivity index (χ0v) is 7.91. The third-order valence-electron chi connectivity index (χ3n) is 2.92. The maximum Gasteiger partial charge on any atom is 0.0932 e. The Bertz CT molecular complexity index is 160. The van der Waals surface area contributed by atoms with Crippen LogP contribution in [-0.2, 0) is 4.74 Å². The molecule has 0 aromatic carbocycles. The van der Waals surface area contributed by atoms with Crippen molar-refractivity contribution in [2.24, 2.45) is 0 Å². The van der Waals surface area contributed by atoms with Gasteiger partial charge in [-0.2, -0.15) is 0 Å². The van der Waals surface area contributed by atoms with E-state index in [0.717, 1.165) is 32.8 Å². The van der Waals surface area contributed by atoms with E-state index in [1.54, 1.807) is 0 Å². The van der Waals surface area contributed by atoms with Gasteiger partial charge in [-0.15, -0.1) is 0 Å². The molecule has 2 atom stereocenters. The largest absolute Gasteiger partial charge is 0.394 e. The van der Waals surface area contributed by atoms with Crippen molar-refractivity contribution in [2.75, 3.05) is 39.4 Å². The number of morpholine rings is 1. The zero-order valence-electron chi connectivity index (χ0n) is 7.91. The second-order valence-electron chi connectivity index (χ2n) is 3.82. The van der Waals surface area contributed by atoms with Crippen molar-refractivity contribution in [2.45, 2.75) is 18.6 Å². The predicted octanol–water partition coefficient (Wildman–Crippen LogP) is -0.959. The van der Waals surface area contributed by atoms with Crippen LogP contribution in [0.5, 0.6) is 0 Å². The fourth-order valence-electron chi connectivity index (χ4n) is 2.14.